The van der Waals surface area contributed by atoms with E-state index in [0.717, 1.165) is 49.1 Å². The van der Waals surface area contributed by atoms with Crippen molar-refractivity contribution in [2.75, 3.05) is 11.1 Å². The molecule has 9 heteroatoms. The fourth-order valence-corrected chi connectivity index (χ4v) is 9.36. The van der Waals surface area contributed by atoms with Crippen LogP contribution in [0.4, 0.5) is 10.1 Å². The maximum absolute atomic E-state index is 15.4. The first kappa shape index (κ1) is 23.0. The number of benzene rings is 1. The maximum atomic E-state index is 15.4. The highest BCUT2D eigenvalue weighted by molar-refractivity contribution is 7.91. The Morgan fingerprint density at radius 1 is 1.11 bits per heavy atom. The van der Waals surface area contributed by atoms with Gasteiger partial charge in [0.05, 0.1) is 33.7 Å². The molecule has 0 bridgehead atoms. The second-order valence-corrected chi connectivity index (χ2v) is 13.0. The predicted molar refractivity (Wildman–Crippen MR) is 130 cm³/mol. The summed E-state index contributed by atoms with van der Waals surface area (Å²) in [5.74, 6) is -1.35. The maximum Gasteiger partial charge on any atom is 0.253 e. The summed E-state index contributed by atoms with van der Waals surface area (Å²) in [6.07, 6.45) is 8.22. The van der Waals surface area contributed by atoms with E-state index in [0.29, 0.717) is 54.8 Å². The molecule has 1 aromatic carbocycles. The molecule has 2 fully saturated rings. The van der Waals surface area contributed by atoms with Crippen molar-refractivity contribution in [1.29, 1.82) is 0 Å². The van der Waals surface area contributed by atoms with Crippen molar-refractivity contribution >= 4 is 21.4 Å². The zero-order valence-electron chi connectivity index (χ0n) is 19.8. The molecular weight excluding hydrogens is 469 g/mol. The Morgan fingerprint density at radius 2 is 1.86 bits per heavy atom. The van der Waals surface area contributed by atoms with Crippen LogP contribution in [0.1, 0.15) is 78.7 Å². The number of nitrogens with zero attached hydrogens (tertiary/aromatic N) is 1. The minimum absolute atomic E-state index is 0.00549. The van der Waals surface area contributed by atoms with Crippen LogP contribution in [0.25, 0.3) is 5.69 Å². The predicted octanol–water partition coefficient (Wildman–Crippen LogP) is 3.42. The standard InChI is InChI=1S/C26H32FN3O4S/c27-19-11-16(12-20(23(19)25(28)32)29-15-5-7-17(31)8-6-15)30-21-4-1-3-18(21)24-22(30)13-26(9-2-10-26)14-35(24,33)34/h11-12,15,17,29,31H,1-10,13-14H2,(H2,28,32)/t15-,17-. The van der Waals surface area contributed by atoms with E-state index >= 15 is 4.39 Å². The number of sulfone groups is 1. The number of aromatic nitrogens is 1. The molecule has 4 N–H and O–H groups in total. The second-order valence-electron chi connectivity index (χ2n) is 11.0. The van der Waals surface area contributed by atoms with Gasteiger partial charge in [-0.15, -0.1) is 0 Å². The fraction of sp³-hybridized carbons (Fsp3) is 0.577. The number of carbonyl (C=O) groups is 1. The molecule has 0 radical (unpaired) electrons. The molecule has 1 aliphatic heterocycles. The van der Waals surface area contributed by atoms with Crippen molar-refractivity contribution in [2.45, 2.75) is 87.7 Å². The van der Waals surface area contributed by atoms with Crippen LogP contribution in [0.5, 0.6) is 0 Å². The SMILES string of the molecule is NC(=O)c1c(F)cc(-n2c3c(c4c2CC2(CCC2)CS4(=O)=O)CCC3)cc1N[C@H]1CC[C@H](O)CC1. The van der Waals surface area contributed by atoms with Gasteiger partial charge in [-0.05, 0) is 87.3 Å². The molecule has 0 atom stereocenters. The van der Waals surface area contributed by atoms with E-state index in [1.54, 1.807) is 6.07 Å². The van der Waals surface area contributed by atoms with E-state index in [2.05, 4.69) is 5.32 Å². The second kappa shape index (κ2) is 8.06. The lowest BCUT2D eigenvalue weighted by Gasteiger charge is -2.44. The lowest BCUT2D eigenvalue weighted by molar-refractivity contribution is 0.0996. The van der Waals surface area contributed by atoms with Crippen molar-refractivity contribution in [1.82, 2.24) is 4.57 Å². The molecule has 2 saturated carbocycles. The summed E-state index contributed by atoms with van der Waals surface area (Å²) < 4.78 is 44.3. The number of aliphatic hydroxyl groups excluding tert-OH is 1. The quantitative estimate of drug-likeness (QED) is 0.594. The highest BCUT2D eigenvalue weighted by Crippen LogP contribution is 2.52. The number of nitrogens with one attached hydrogen (secondary N) is 1. The number of aliphatic hydroxyl groups is 1. The molecule has 0 saturated heterocycles. The molecule has 0 unspecified atom stereocenters. The van der Waals surface area contributed by atoms with Gasteiger partial charge >= 0.3 is 0 Å². The summed E-state index contributed by atoms with van der Waals surface area (Å²) in [6.45, 7) is 0. The first-order chi connectivity index (χ1) is 16.7. The number of amides is 1. The van der Waals surface area contributed by atoms with Gasteiger partial charge in [0.2, 0.25) is 0 Å². The normalized spacial score (nSPS) is 26.1. The van der Waals surface area contributed by atoms with Crippen LogP contribution in [-0.2, 0) is 29.1 Å². The lowest BCUT2D eigenvalue weighted by atomic mass is 9.67. The molecule has 7 nitrogen and oxygen atoms in total. The third kappa shape index (κ3) is 3.69. The van der Waals surface area contributed by atoms with Crippen LogP contribution in [0.3, 0.4) is 0 Å². The van der Waals surface area contributed by atoms with Gasteiger partial charge in [-0.25, -0.2) is 12.8 Å². The third-order valence-corrected chi connectivity index (χ3v) is 10.8. The van der Waals surface area contributed by atoms with Gasteiger partial charge in [-0.1, -0.05) is 6.42 Å². The van der Waals surface area contributed by atoms with E-state index in [9.17, 15) is 18.3 Å². The van der Waals surface area contributed by atoms with Gasteiger partial charge in [0.15, 0.2) is 9.84 Å². The zero-order chi connectivity index (χ0) is 24.5. The number of anilines is 1. The molecule has 2 heterocycles. The van der Waals surface area contributed by atoms with Gasteiger partial charge in [0, 0.05) is 17.4 Å². The summed E-state index contributed by atoms with van der Waals surface area (Å²) in [7, 11) is -3.42. The lowest BCUT2D eigenvalue weighted by Crippen LogP contribution is -2.43. The van der Waals surface area contributed by atoms with Crippen molar-refractivity contribution in [3.05, 3.63) is 40.5 Å². The van der Waals surface area contributed by atoms with Crippen LogP contribution in [0.2, 0.25) is 0 Å². The number of hydrogen-bond donors (Lipinski definition) is 3. The van der Waals surface area contributed by atoms with Gasteiger partial charge in [-0.2, -0.15) is 0 Å². The van der Waals surface area contributed by atoms with Crippen LogP contribution in [-0.4, -0.2) is 41.9 Å². The van der Waals surface area contributed by atoms with Crippen LogP contribution in [0, 0.1) is 11.2 Å². The number of rotatable bonds is 4. The summed E-state index contributed by atoms with van der Waals surface area (Å²) in [5.41, 5.74) is 8.66. The zero-order valence-corrected chi connectivity index (χ0v) is 20.6. The highest BCUT2D eigenvalue weighted by Gasteiger charge is 2.49. The third-order valence-electron chi connectivity index (χ3n) is 8.66. The molecule has 1 aromatic heterocycles. The van der Waals surface area contributed by atoms with Crippen LogP contribution >= 0.6 is 0 Å². The number of primary amides is 1. The van der Waals surface area contributed by atoms with E-state index < -0.39 is 21.6 Å². The molecule has 35 heavy (non-hydrogen) atoms. The van der Waals surface area contributed by atoms with Crippen LogP contribution in [0.15, 0.2) is 17.0 Å². The van der Waals surface area contributed by atoms with Crippen molar-refractivity contribution in [3.8, 4) is 5.69 Å². The van der Waals surface area contributed by atoms with E-state index in [1.165, 1.54) is 6.07 Å². The number of nitrogens with two attached hydrogens (primary N) is 1. The topological polar surface area (TPSA) is 114 Å². The van der Waals surface area contributed by atoms with E-state index in [4.69, 9.17) is 5.73 Å². The number of halogens is 1. The average molecular weight is 502 g/mol. The molecule has 1 spiro atoms. The molecule has 2 aromatic rings. The molecule has 188 valence electrons. The molecule has 6 rings (SSSR count). The Balaban J connectivity index is 1.50. The summed E-state index contributed by atoms with van der Waals surface area (Å²) in [6, 6.07) is 3.07. The molecule has 4 aliphatic rings. The Bertz CT molecular complexity index is 1320. The number of fused-ring (bicyclic) bond motifs is 3. The summed E-state index contributed by atoms with van der Waals surface area (Å²) >= 11 is 0. The first-order valence-electron chi connectivity index (χ1n) is 12.7. The van der Waals surface area contributed by atoms with Gasteiger partial charge in [0.1, 0.15) is 5.82 Å². The minimum atomic E-state index is -3.42. The smallest absolute Gasteiger partial charge is 0.253 e. The molecule has 3 aliphatic carbocycles. The van der Waals surface area contributed by atoms with E-state index in [1.807, 2.05) is 4.57 Å². The monoisotopic (exact) mass is 501 g/mol. The Labute approximate surface area is 204 Å². The summed E-state index contributed by atoms with van der Waals surface area (Å²) in [4.78, 5) is 12.7. The number of hydrogen-bond acceptors (Lipinski definition) is 5. The van der Waals surface area contributed by atoms with Crippen molar-refractivity contribution in [3.63, 3.8) is 0 Å². The molecule has 1 amide bonds. The van der Waals surface area contributed by atoms with Crippen molar-refractivity contribution < 1.29 is 22.7 Å². The fourth-order valence-electron chi connectivity index (χ4n) is 6.90. The Morgan fingerprint density at radius 3 is 2.51 bits per heavy atom. The average Bonchev–Trinajstić information content (AvgIpc) is 3.33. The van der Waals surface area contributed by atoms with E-state index in [-0.39, 0.29) is 28.9 Å². The molecular formula is C26H32FN3O4S. The Hall–Kier alpha value is -2.39. The van der Waals surface area contributed by atoms with Gasteiger partial charge in [-0.3, -0.25) is 4.79 Å². The Kier molecular flexibility index (Phi) is 5.31. The largest absolute Gasteiger partial charge is 0.393 e. The van der Waals surface area contributed by atoms with Gasteiger partial charge in [0.25, 0.3) is 5.91 Å². The summed E-state index contributed by atoms with van der Waals surface area (Å²) in [5, 5.41) is 13.2. The van der Waals surface area contributed by atoms with Crippen molar-refractivity contribution in [2.24, 2.45) is 11.1 Å². The highest BCUT2D eigenvalue weighted by atomic mass is 32.2. The first-order valence-corrected chi connectivity index (χ1v) is 14.4. The van der Waals surface area contributed by atoms with Gasteiger partial charge < -0.3 is 20.7 Å². The van der Waals surface area contributed by atoms with Crippen LogP contribution < -0.4 is 11.1 Å². The minimum Gasteiger partial charge on any atom is -0.393 e. The number of carbonyl (C=O) groups excluding carboxylic acids is 1.